The molecule has 2 heterocycles. The summed E-state index contributed by atoms with van der Waals surface area (Å²) >= 11 is 0. The summed E-state index contributed by atoms with van der Waals surface area (Å²) in [5.41, 5.74) is 0.667. The average Bonchev–Trinajstić information content (AvgIpc) is 3.07. The van der Waals surface area contributed by atoms with Crippen LogP contribution in [0.3, 0.4) is 0 Å². The van der Waals surface area contributed by atoms with E-state index < -0.39 is 0 Å². The lowest BCUT2D eigenvalue weighted by Gasteiger charge is -2.42. The molecule has 2 amide bonds. The van der Waals surface area contributed by atoms with E-state index >= 15 is 0 Å². The highest BCUT2D eigenvalue weighted by atomic mass is 16.5. The van der Waals surface area contributed by atoms with Gasteiger partial charge >= 0.3 is 0 Å². The lowest BCUT2D eigenvalue weighted by Crippen LogP contribution is -2.52. The van der Waals surface area contributed by atoms with Gasteiger partial charge < -0.3 is 14.5 Å². The van der Waals surface area contributed by atoms with E-state index in [0.29, 0.717) is 31.3 Å². The molecule has 1 aromatic carbocycles. The number of hydrogen-bond donors (Lipinski definition) is 0. The van der Waals surface area contributed by atoms with Crippen molar-refractivity contribution in [1.29, 1.82) is 0 Å². The molecule has 27 heavy (non-hydrogen) atoms. The number of hydrogen-bond acceptors (Lipinski definition) is 3. The summed E-state index contributed by atoms with van der Waals surface area (Å²) in [6.07, 6.45) is 7.05. The topological polar surface area (TPSA) is 49.9 Å². The molecule has 5 nitrogen and oxygen atoms in total. The van der Waals surface area contributed by atoms with Gasteiger partial charge in [0.1, 0.15) is 5.75 Å². The molecular weight excluding hydrogens is 340 g/mol. The Morgan fingerprint density at radius 1 is 1.15 bits per heavy atom. The molecule has 3 aliphatic rings. The van der Waals surface area contributed by atoms with Crippen LogP contribution < -0.4 is 4.74 Å². The maximum Gasteiger partial charge on any atom is 0.230 e. The number of benzene rings is 1. The van der Waals surface area contributed by atoms with Crippen LogP contribution in [0.5, 0.6) is 5.75 Å². The van der Waals surface area contributed by atoms with Gasteiger partial charge in [-0.3, -0.25) is 9.59 Å². The van der Waals surface area contributed by atoms with E-state index in [-0.39, 0.29) is 11.3 Å². The largest absolute Gasteiger partial charge is 0.497 e. The summed E-state index contributed by atoms with van der Waals surface area (Å²) in [6, 6.07) is 7.65. The summed E-state index contributed by atoms with van der Waals surface area (Å²) in [7, 11) is 1.64. The molecule has 1 atom stereocenters. The van der Waals surface area contributed by atoms with Crippen LogP contribution in [0.25, 0.3) is 0 Å². The molecule has 0 bridgehead atoms. The van der Waals surface area contributed by atoms with Crippen LogP contribution in [-0.4, -0.2) is 54.9 Å². The highest BCUT2D eigenvalue weighted by molar-refractivity contribution is 5.86. The van der Waals surface area contributed by atoms with Gasteiger partial charge in [0.15, 0.2) is 0 Å². The van der Waals surface area contributed by atoms with Gasteiger partial charge in [0.25, 0.3) is 0 Å². The van der Waals surface area contributed by atoms with Crippen molar-refractivity contribution < 1.29 is 14.3 Å². The normalized spacial score (nSPS) is 25.7. The molecule has 1 aliphatic carbocycles. The van der Waals surface area contributed by atoms with Crippen molar-refractivity contribution >= 4 is 11.8 Å². The highest BCUT2D eigenvalue weighted by Crippen LogP contribution is 2.41. The zero-order valence-electron chi connectivity index (χ0n) is 16.3. The zero-order valence-corrected chi connectivity index (χ0v) is 16.3. The Balaban J connectivity index is 1.37. The van der Waals surface area contributed by atoms with Gasteiger partial charge in [-0.15, -0.1) is 0 Å². The molecule has 1 aromatic rings. The minimum Gasteiger partial charge on any atom is -0.497 e. The van der Waals surface area contributed by atoms with Crippen LogP contribution in [0.15, 0.2) is 24.3 Å². The van der Waals surface area contributed by atoms with E-state index in [1.54, 1.807) is 7.11 Å². The maximum absolute atomic E-state index is 13.2. The van der Waals surface area contributed by atoms with Crippen LogP contribution >= 0.6 is 0 Å². The fourth-order valence-corrected chi connectivity index (χ4v) is 4.81. The number of carbonyl (C=O) groups excluding carboxylic acids is 2. The molecule has 0 radical (unpaired) electrons. The Hall–Kier alpha value is -2.04. The van der Waals surface area contributed by atoms with E-state index in [0.717, 1.165) is 43.7 Å². The van der Waals surface area contributed by atoms with Crippen molar-refractivity contribution in [1.82, 2.24) is 9.80 Å². The SMILES string of the molecule is COc1ccc(CC(=O)N2CC[C@@]3(CCCN(CC4CCC4)C3=O)C2)cc1. The number of carbonyl (C=O) groups is 2. The van der Waals surface area contributed by atoms with Gasteiger partial charge in [0, 0.05) is 26.2 Å². The van der Waals surface area contributed by atoms with E-state index in [1.165, 1.54) is 19.3 Å². The van der Waals surface area contributed by atoms with Gasteiger partial charge in [-0.1, -0.05) is 18.6 Å². The minimum atomic E-state index is -0.322. The number of piperidine rings is 1. The molecule has 3 fully saturated rings. The van der Waals surface area contributed by atoms with Gasteiger partial charge in [0.2, 0.25) is 11.8 Å². The Kier molecular flexibility index (Phi) is 5.11. The maximum atomic E-state index is 13.2. The van der Waals surface area contributed by atoms with Crippen molar-refractivity contribution in [3.8, 4) is 5.75 Å². The fraction of sp³-hybridized carbons (Fsp3) is 0.636. The van der Waals surface area contributed by atoms with Crippen molar-refractivity contribution in [2.45, 2.75) is 44.9 Å². The van der Waals surface area contributed by atoms with E-state index in [9.17, 15) is 9.59 Å². The Morgan fingerprint density at radius 2 is 1.93 bits per heavy atom. The number of amides is 2. The summed E-state index contributed by atoms with van der Waals surface area (Å²) in [6.45, 7) is 3.14. The van der Waals surface area contributed by atoms with Crippen molar-refractivity contribution in [3.63, 3.8) is 0 Å². The third kappa shape index (κ3) is 3.69. The van der Waals surface area contributed by atoms with Crippen molar-refractivity contribution in [2.75, 3.05) is 33.3 Å². The van der Waals surface area contributed by atoms with Crippen LogP contribution in [-0.2, 0) is 16.0 Å². The second-order valence-corrected chi connectivity index (χ2v) is 8.52. The zero-order chi connectivity index (χ0) is 18.9. The quantitative estimate of drug-likeness (QED) is 0.801. The van der Waals surface area contributed by atoms with Gasteiger partial charge in [-0.05, 0) is 55.7 Å². The minimum absolute atomic E-state index is 0.126. The van der Waals surface area contributed by atoms with Gasteiger partial charge in [-0.2, -0.15) is 0 Å². The Labute approximate surface area is 161 Å². The molecule has 146 valence electrons. The number of nitrogens with zero attached hydrogens (tertiary/aromatic N) is 2. The first-order valence-corrected chi connectivity index (χ1v) is 10.3. The summed E-state index contributed by atoms with van der Waals surface area (Å²) in [5, 5.41) is 0. The molecule has 2 aliphatic heterocycles. The summed E-state index contributed by atoms with van der Waals surface area (Å²) in [4.78, 5) is 30.0. The smallest absolute Gasteiger partial charge is 0.230 e. The Morgan fingerprint density at radius 3 is 2.59 bits per heavy atom. The third-order valence-corrected chi connectivity index (χ3v) is 6.75. The van der Waals surface area contributed by atoms with E-state index in [4.69, 9.17) is 4.74 Å². The monoisotopic (exact) mass is 370 g/mol. The molecule has 0 aromatic heterocycles. The number of likely N-dealkylation sites (tertiary alicyclic amines) is 2. The van der Waals surface area contributed by atoms with Crippen LogP contribution in [0.2, 0.25) is 0 Å². The standard InChI is InChI=1S/C22H30N2O3/c1-27-19-8-6-17(7-9-19)14-20(25)24-13-11-22(16-24)10-3-12-23(21(22)26)15-18-4-2-5-18/h6-9,18H,2-5,10-16H2,1H3/t22-/m0/s1. The fourth-order valence-electron chi connectivity index (χ4n) is 4.81. The molecule has 1 saturated carbocycles. The molecular formula is C22H30N2O3. The van der Waals surface area contributed by atoms with Crippen molar-refractivity contribution in [3.05, 3.63) is 29.8 Å². The van der Waals surface area contributed by atoms with Crippen LogP contribution in [0, 0.1) is 11.3 Å². The predicted octanol–water partition coefficient (Wildman–Crippen LogP) is 2.88. The van der Waals surface area contributed by atoms with Crippen LogP contribution in [0.4, 0.5) is 0 Å². The number of methoxy groups -OCH3 is 1. The summed E-state index contributed by atoms with van der Waals surface area (Å²) in [5.74, 6) is 1.94. The third-order valence-electron chi connectivity index (χ3n) is 6.75. The Bertz CT molecular complexity index is 698. The van der Waals surface area contributed by atoms with E-state index in [2.05, 4.69) is 4.90 Å². The average molecular weight is 370 g/mol. The second kappa shape index (κ2) is 7.53. The van der Waals surface area contributed by atoms with E-state index in [1.807, 2.05) is 29.2 Å². The molecule has 2 saturated heterocycles. The molecule has 0 unspecified atom stereocenters. The summed E-state index contributed by atoms with van der Waals surface area (Å²) < 4.78 is 5.17. The van der Waals surface area contributed by atoms with Gasteiger partial charge in [0.05, 0.1) is 18.9 Å². The highest BCUT2D eigenvalue weighted by Gasteiger charge is 2.49. The molecule has 0 N–H and O–H groups in total. The second-order valence-electron chi connectivity index (χ2n) is 8.52. The van der Waals surface area contributed by atoms with Gasteiger partial charge in [-0.25, -0.2) is 0 Å². The molecule has 4 rings (SSSR count). The molecule has 5 heteroatoms. The first kappa shape index (κ1) is 18.3. The predicted molar refractivity (Wildman–Crippen MR) is 103 cm³/mol. The number of rotatable bonds is 5. The first-order chi connectivity index (χ1) is 13.1. The van der Waals surface area contributed by atoms with Crippen molar-refractivity contribution in [2.24, 2.45) is 11.3 Å². The lowest BCUT2D eigenvalue weighted by molar-refractivity contribution is -0.147. The first-order valence-electron chi connectivity index (χ1n) is 10.3. The number of ether oxygens (including phenoxy) is 1. The van der Waals surface area contributed by atoms with Crippen LogP contribution in [0.1, 0.15) is 44.1 Å². The molecule has 1 spiro atoms. The lowest BCUT2D eigenvalue weighted by atomic mass is 9.77.